The summed E-state index contributed by atoms with van der Waals surface area (Å²) in [4.78, 5) is 3.45. The average Bonchev–Trinajstić information content (AvgIpc) is 2.85. The summed E-state index contributed by atoms with van der Waals surface area (Å²) in [6.07, 6.45) is 8.98. The van der Waals surface area contributed by atoms with E-state index in [-0.39, 0.29) is 0 Å². The van der Waals surface area contributed by atoms with Crippen LogP contribution in [0.4, 0.5) is 14.5 Å². The van der Waals surface area contributed by atoms with Gasteiger partial charge in [0, 0.05) is 12.0 Å². The topological polar surface area (TPSA) is 12.4 Å². The molecular weight excluding hydrogens is 456 g/mol. The highest BCUT2D eigenvalue weighted by Crippen LogP contribution is 2.29. The quantitative estimate of drug-likeness (QED) is 0.102. The molecule has 0 unspecified atom stereocenters. The molecule has 4 heteroatoms. The van der Waals surface area contributed by atoms with Crippen molar-refractivity contribution in [2.75, 3.05) is 0 Å². The molecule has 0 fully saturated rings. The molecule has 35 heavy (non-hydrogen) atoms. The Bertz CT molecular complexity index is 1310. The minimum atomic E-state index is -0.768. The van der Waals surface area contributed by atoms with Crippen molar-refractivity contribution in [1.82, 2.24) is 0 Å². The number of hydrogen-bond acceptors (Lipinski definition) is 2. The third-order valence-corrected chi connectivity index (χ3v) is 5.95. The third kappa shape index (κ3) is 7.06. The van der Waals surface area contributed by atoms with Gasteiger partial charge in [-0.1, -0.05) is 74.9 Å². The summed E-state index contributed by atoms with van der Waals surface area (Å²) in [7, 11) is 0. The van der Waals surface area contributed by atoms with Crippen LogP contribution in [0.25, 0.3) is 23.3 Å². The monoisotopic (exact) mass is 485 g/mol. The SMILES string of the molecule is CCCCCC#Cc1ccc(-c2ccc(/C=C/c3cc(F)c(N=C=S)c(F)c3)c(C)c2)c(CC)c1. The van der Waals surface area contributed by atoms with Gasteiger partial charge in [0.2, 0.25) is 0 Å². The number of hydrogen-bond donors (Lipinski definition) is 0. The van der Waals surface area contributed by atoms with Crippen LogP contribution in [0, 0.1) is 30.4 Å². The number of thiocarbonyl (C=S) groups is 1. The Hall–Kier alpha value is -3.38. The van der Waals surface area contributed by atoms with E-state index in [1.165, 1.54) is 36.1 Å². The van der Waals surface area contributed by atoms with Gasteiger partial charge < -0.3 is 0 Å². The van der Waals surface area contributed by atoms with E-state index in [0.717, 1.165) is 41.5 Å². The van der Waals surface area contributed by atoms with Gasteiger partial charge in [-0.25, -0.2) is 8.78 Å². The Morgan fingerprint density at radius 2 is 1.71 bits per heavy atom. The number of halogens is 2. The second-order valence-corrected chi connectivity index (χ2v) is 8.61. The average molecular weight is 486 g/mol. The molecule has 0 saturated heterocycles. The number of aryl methyl sites for hydroxylation is 2. The Balaban J connectivity index is 1.82. The zero-order chi connectivity index (χ0) is 25.2. The number of unbranched alkanes of at least 4 members (excludes halogenated alkanes) is 3. The summed E-state index contributed by atoms with van der Waals surface area (Å²) in [6.45, 7) is 6.39. The lowest BCUT2D eigenvalue weighted by molar-refractivity contribution is 0.587. The lowest BCUT2D eigenvalue weighted by Crippen LogP contribution is -1.91. The molecule has 0 atom stereocenters. The van der Waals surface area contributed by atoms with Gasteiger partial charge in [-0.05, 0) is 89.6 Å². The van der Waals surface area contributed by atoms with E-state index in [2.05, 4.69) is 73.2 Å². The van der Waals surface area contributed by atoms with Gasteiger partial charge in [0.15, 0.2) is 11.6 Å². The molecule has 1 nitrogen and oxygen atoms in total. The fourth-order valence-corrected chi connectivity index (χ4v) is 4.01. The summed E-state index contributed by atoms with van der Waals surface area (Å²) in [5.74, 6) is 5.05. The van der Waals surface area contributed by atoms with Crippen molar-refractivity contribution in [2.45, 2.75) is 52.9 Å². The molecule has 3 aromatic rings. The third-order valence-electron chi connectivity index (χ3n) is 5.86. The van der Waals surface area contributed by atoms with Gasteiger partial charge in [0.05, 0.1) is 5.16 Å². The van der Waals surface area contributed by atoms with E-state index in [1.807, 2.05) is 24.2 Å². The number of aliphatic imine (C=N–C) groups is 1. The Labute approximate surface area is 212 Å². The van der Waals surface area contributed by atoms with E-state index in [1.54, 1.807) is 6.08 Å². The molecule has 0 aliphatic heterocycles. The highest BCUT2D eigenvalue weighted by atomic mass is 32.1. The van der Waals surface area contributed by atoms with Crippen LogP contribution in [-0.2, 0) is 6.42 Å². The highest BCUT2D eigenvalue weighted by molar-refractivity contribution is 7.78. The van der Waals surface area contributed by atoms with Crippen molar-refractivity contribution >= 4 is 35.2 Å². The number of benzene rings is 3. The second kappa shape index (κ2) is 12.9. The number of nitrogens with zero attached hydrogens (tertiary/aromatic N) is 1. The summed E-state index contributed by atoms with van der Waals surface area (Å²) in [5, 5.41) is 2.00. The minimum absolute atomic E-state index is 0.409. The fraction of sp³-hybridized carbons (Fsp3) is 0.258. The fourth-order valence-electron chi connectivity index (χ4n) is 3.92. The van der Waals surface area contributed by atoms with E-state index < -0.39 is 17.3 Å². The molecule has 178 valence electrons. The van der Waals surface area contributed by atoms with E-state index in [9.17, 15) is 8.78 Å². The van der Waals surface area contributed by atoms with Gasteiger partial charge >= 0.3 is 0 Å². The van der Waals surface area contributed by atoms with Crippen LogP contribution in [0.5, 0.6) is 0 Å². The first-order valence-electron chi connectivity index (χ1n) is 11.9. The van der Waals surface area contributed by atoms with E-state index in [0.29, 0.717) is 5.56 Å². The molecule has 3 rings (SSSR count). The van der Waals surface area contributed by atoms with Crippen molar-refractivity contribution in [3.8, 4) is 23.0 Å². The van der Waals surface area contributed by atoms with Crippen molar-refractivity contribution in [1.29, 1.82) is 0 Å². The van der Waals surface area contributed by atoms with Gasteiger partial charge in [-0.15, -0.1) is 0 Å². The number of isothiocyanates is 1. The first-order chi connectivity index (χ1) is 17.0. The first-order valence-corrected chi connectivity index (χ1v) is 12.4. The normalized spacial score (nSPS) is 10.7. The van der Waals surface area contributed by atoms with Crippen LogP contribution >= 0.6 is 12.2 Å². The Kier molecular flexibility index (Phi) is 9.67. The predicted octanol–water partition coefficient (Wildman–Crippen LogP) is 9.34. The van der Waals surface area contributed by atoms with Crippen LogP contribution in [-0.4, -0.2) is 5.16 Å². The summed E-state index contributed by atoms with van der Waals surface area (Å²) >= 11 is 4.44. The molecule has 0 spiro atoms. The largest absolute Gasteiger partial charge is 0.204 e. The smallest absolute Gasteiger partial charge is 0.153 e. The van der Waals surface area contributed by atoms with Crippen molar-refractivity contribution in [3.63, 3.8) is 0 Å². The summed E-state index contributed by atoms with van der Waals surface area (Å²) in [6, 6.07) is 15.1. The van der Waals surface area contributed by atoms with E-state index >= 15 is 0 Å². The molecular formula is C31H29F2NS. The maximum absolute atomic E-state index is 14.1. The van der Waals surface area contributed by atoms with Crippen LogP contribution < -0.4 is 0 Å². The lowest BCUT2D eigenvalue weighted by Gasteiger charge is -2.11. The molecule has 0 N–H and O–H groups in total. The van der Waals surface area contributed by atoms with Crippen LogP contribution in [0.1, 0.15) is 67.3 Å². The maximum atomic E-state index is 14.1. The van der Waals surface area contributed by atoms with Gasteiger partial charge in [-0.2, -0.15) is 4.99 Å². The van der Waals surface area contributed by atoms with Crippen LogP contribution in [0.15, 0.2) is 53.5 Å². The zero-order valence-electron chi connectivity index (χ0n) is 20.4. The molecule has 0 aliphatic carbocycles. The first kappa shape index (κ1) is 26.2. The lowest BCUT2D eigenvalue weighted by atomic mass is 9.93. The Morgan fingerprint density at radius 3 is 2.37 bits per heavy atom. The molecule has 3 aromatic carbocycles. The molecule has 0 radical (unpaired) electrons. The molecule has 0 heterocycles. The highest BCUT2D eigenvalue weighted by Gasteiger charge is 2.10. The molecule has 0 saturated carbocycles. The van der Waals surface area contributed by atoms with Crippen molar-refractivity contribution in [3.05, 3.63) is 88.0 Å². The molecule has 0 aromatic heterocycles. The predicted molar refractivity (Wildman–Crippen MR) is 147 cm³/mol. The second-order valence-electron chi connectivity index (χ2n) is 8.43. The van der Waals surface area contributed by atoms with Gasteiger partial charge in [-0.3, -0.25) is 0 Å². The molecule has 0 aliphatic rings. The Morgan fingerprint density at radius 1 is 0.943 bits per heavy atom. The van der Waals surface area contributed by atoms with Crippen molar-refractivity contribution in [2.24, 2.45) is 4.99 Å². The van der Waals surface area contributed by atoms with Gasteiger partial charge in [0.1, 0.15) is 5.69 Å². The van der Waals surface area contributed by atoms with Crippen LogP contribution in [0.3, 0.4) is 0 Å². The summed E-state index contributed by atoms with van der Waals surface area (Å²) < 4.78 is 28.2. The molecule has 0 bridgehead atoms. The molecule has 0 amide bonds. The van der Waals surface area contributed by atoms with E-state index in [4.69, 9.17) is 0 Å². The van der Waals surface area contributed by atoms with Crippen molar-refractivity contribution < 1.29 is 8.78 Å². The number of rotatable bonds is 8. The minimum Gasteiger partial charge on any atom is -0.204 e. The summed E-state index contributed by atoms with van der Waals surface area (Å²) in [5.41, 5.74) is 6.69. The zero-order valence-corrected chi connectivity index (χ0v) is 21.2. The standard InChI is InChI=1S/C31H29F2NS/c1-4-6-7-8-9-10-23-12-16-28(25(5-2)18-23)27-15-14-26(22(3)17-27)13-11-24-19-29(32)31(34-21-35)30(33)20-24/h11-20H,4-8H2,1-3H3/b13-11+. The maximum Gasteiger partial charge on any atom is 0.153 e. The van der Waals surface area contributed by atoms with Crippen LogP contribution in [0.2, 0.25) is 0 Å². The van der Waals surface area contributed by atoms with Gasteiger partial charge in [0.25, 0.3) is 0 Å².